The van der Waals surface area contributed by atoms with Crippen molar-refractivity contribution in [2.24, 2.45) is 0 Å². The predicted octanol–water partition coefficient (Wildman–Crippen LogP) is 10.8. The summed E-state index contributed by atoms with van der Waals surface area (Å²) in [5.74, 6) is 1.89. The zero-order valence-corrected chi connectivity index (χ0v) is 26.8. The van der Waals surface area contributed by atoms with Gasteiger partial charge in [-0.15, -0.1) is 0 Å². The van der Waals surface area contributed by atoms with Crippen LogP contribution in [-0.4, -0.2) is 15.0 Å². The summed E-state index contributed by atoms with van der Waals surface area (Å²) in [6.07, 6.45) is 0. The van der Waals surface area contributed by atoms with Gasteiger partial charge in [-0.05, 0) is 62.4 Å². The van der Waals surface area contributed by atoms with Crippen LogP contribution in [0, 0.1) is 22.7 Å². The first kappa shape index (κ1) is 30.1. The first-order valence-corrected chi connectivity index (χ1v) is 16.2. The largest absolute Gasteiger partial charge is 0.208 e. The van der Waals surface area contributed by atoms with Gasteiger partial charge in [0.1, 0.15) is 0 Å². The standard InChI is InChI=1S/C45H27N5/c46-28-30-25-31(29-47)27-38(26-30)32-17-19-33(20-18-32)39-13-7-16-42-40(14-8-15-41(39)42)34-21-23-37(24-22-34)45-49-43(35-9-3-1-4-10-35)48-44(50-45)36-11-5-2-6-12-36/h1-27H. The molecule has 0 spiro atoms. The van der Waals surface area contributed by atoms with Crippen LogP contribution in [0.15, 0.2) is 164 Å². The zero-order chi connectivity index (χ0) is 33.9. The second kappa shape index (κ2) is 13.1. The smallest absolute Gasteiger partial charge is 0.164 e. The molecule has 0 radical (unpaired) electrons. The van der Waals surface area contributed by atoms with Crippen LogP contribution in [0.25, 0.3) is 78.3 Å². The van der Waals surface area contributed by atoms with E-state index < -0.39 is 0 Å². The topological polar surface area (TPSA) is 86.2 Å². The summed E-state index contributed by atoms with van der Waals surface area (Å²) >= 11 is 0. The molecule has 0 unspecified atom stereocenters. The minimum absolute atomic E-state index is 0.472. The first-order valence-electron chi connectivity index (χ1n) is 16.2. The summed E-state index contributed by atoms with van der Waals surface area (Å²) in [5.41, 5.74) is 9.97. The van der Waals surface area contributed by atoms with Crippen LogP contribution < -0.4 is 0 Å². The Morgan fingerprint density at radius 1 is 0.320 bits per heavy atom. The minimum atomic E-state index is 0.472. The molecule has 8 aromatic rings. The molecule has 232 valence electrons. The molecule has 0 fully saturated rings. The van der Waals surface area contributed by atoms with E-state index in [0.717, 1.165) is 60.8 Å². The fourth-order valence-corrected chi connectivity index (χ4v) is 6.32. The zero-order valence-electron chi connectivity index (χ0n) is 26.8. The van der Waals surface area contributed by atoms with Crippen molar-refractivity contribution in [3.63, 3.8) is 0 Å². The highest BCUT2D eigenvalue weighted by atomic mass is 15.0. The minimum Gasteiger partial charge on any atom is -0.208 e. The molecule has 0 saturated carbocycles. The van der Waals surface area contributed by atoms with Crippen molar-refractivity contribution in [1.82, 2.24) is 15.0 Å². The maximum absolute atomic E-state index is 9.42. The fraction of sp³-hybridized carbons (Fsp3) is 0. The summed E-state index contributed by atoms with van der Waals surface area (Å²) in [7, 11) is 0. The fourth-order valence-electron chi connectivity index (χ4n) is 6.32. The summed E-state index contributed by atoms with van der Waals surface area (Å²) < 4.78 is 0. The average Bonchev–Trinajstić information content (AvgIpc) is 3.20. The molecular weight excluding hydrogens is 611 g/mol. The Morgan fingerprint density at radius 3 is 1.12 bits per heavy atom. The molecule has 8 rings (SSSR count). The summed E-state index contributed by atoms with van der Waals surface area (Å²) in [4.78, 5) is 14.6. The van der Waals surface area contributed by atoms with Gasteiger partial charge in [-0.25, -0.2) is 15.0 Å². The lowest BCUT2D eigenvalue weighted by Crippen LogP contribution is -2.00. The van der Waals surface area contributed by atoms with Gasteiger partial charge in [-0.1, -0.05) is 146 Å². The Hall–Kier alpha value is -7.21. The first-order chi connectivity index (χ1) is 24.7. The molecule has 0 amide bonds. The van der Waals surface area contributed by atoms with E-state index in [1.165, 1.54) is 0 Å². The molecule has 0 atom stereocenters. The third-order valence-corrected chi connectivity index (χ3v) is 8.80. The number of rotatable bonds is 6. The molecule has 0 saturated heterocycles. The number of fused-ring (bicyclic) bond motifs is 1. The highest BCUT2D eigenvalue weighted by Gasteiger charge is 2.14. The van der Waals surface area contributed by atoms with Gasteiger partial charge in [0.2, 0.25) is 0 Å². The second-order valence-corrected chi connectivity index (χ2v) is 11.9. The van der Waals surface area contributed by atoms with Crippen molar-refractivity contribution in [3.05, 3.63) is 175 Å². The van der Waals surface area contributed by atoms with Crippen LogP contribution in [0.1, 0.15) is 11.1 Å². The van der Waals surface area contributed by atoms with Crippen molar-refractivity contribution in [2.45, 2.75) is 0 Å². The summed E-state index contributed by atoms with van der Waals surface area (Å²) in [6, 6.07) is 59.1. The van der Waals surface area contributed by atoms with Crippen molar-refractivity contribution in [3.8, 4) is 79.7 Å². The van der Waals surface area contributed by atoms with E-state index in [1.54, 1.807) is 6.07 Å². The molecule has 0 aliphatic carbocycles. The van der Waals surface area contributed by atoms with Crippen molar-refractivity contribution < 1.29 is 0 Å². The van der Waals surface area contributed by atoms with Gasteiger partial charge in [0.25, 0.3) is 0 Å². The van der Waals surface area contributed by atoms with Crippen molar-refractivity contribution in [1.29, 1.82) is 10.5 Å². The maximum atomic E-state index is 9.42. The molecule has 0 aliphatic rings. The predicted molar refractivity (Wildman–Crippen MR) is 199 cm³/mol. The molecular formula is C45H27N5. The molecule has 0 bridgehead atoms. The molecule has 5 heteroatoms. The highest BCUT2D eigenvalue weighted by Crippen LogP contribution is 2.36. The van der Waals surface area contributed by atoms with Crippen LogP contribution in [0.2, 0.25) is 0 Å². The van der Waals surface area contributed by atoms with Gasteiger partial charge in [0.05, 0.1) is 23.3 Å². The molecule has 5 nitrogen and oxygen atoms in total. The third-order valence-electron chi connectivity index (χ3n) is 8.80. The van der Waals surface area contributed by atoms with Gasteiger partial charge in [-0.2, -0.15) is 10.5 Å². The maximum Gasteiger partial charge on any atom is 0.164 e. The van der Waals surface area contributed by atoms with Crippen LogP contribution in [-0.2, 0) is 0 Å². The lowest BCUT2D eigenvalue weighted by Gasteiger charge is -2.13. The van der Waals surface area contributed by atoms with E-state index in [2.05, 4.69) is 84.9 Å². The van der Waals surface area contributed by atoms with Crippen LogP contribution in [0.5, 0.6) is 0 Å². The van der Waals surface area contributed by atoms with Crippen LogP contribution in [0.4, 0.5) is 0 Å². The van der Waals surface area contributed by atoms with Gasteiger partial charge >= 0.3 is 0 Å². The van der Waals surface area contributed by atoms with Crippen LogP contribution in [0.3, 0.4) is 0 Å². The van der Waals surface area contributed by atoms with Gasteiger partial charge < -0.3 is 0 Å². The number of nitriles is 2. The summed E-state index contributed by atoms with van der Waals surface area (Å²) in [6.45, 7) is 0. The van der Waals surface area contributed by atoms with E-state index in [1.807, 2.05) is 84.9 Å². The molecule has 1 heterocycles. The lowest BCUT2D eigenvalue weighted by atomic mass is 9.92. The molecule has 0 N–H and O–H groups in total. The van der Waals surface area contributed by atoms with E-state index >= 15 is 0 Å². The number of nitrogens with zero attached hydrogens (tertiary/aromatic N) is 5. The number of aromatic nitrogens is 3. The van der Waals surface area contributed by atoms with E-state index in [9.17, 15) is 10.5 Å². The summed E-state index contributed by atoms with van der Waals surface area (Å²) in [5, 5.41) is 21.2. The molecule has 1 aromatic heterocycles. The Labute approximate surface area is 290 Å². The van der Waals surface area contributed by atoms with E-state index in [-0.39, 0.29) is 0 Å². The SMILES string of the molecule is N#Cc1cc(C#N)cc(-c2ccc(-c3cccc4c(-c5ccc(-c6nc(-c7ccccc7)nc(-c7ccccc7)n6)cc5)cccc34)cc2)c1. The normalized spacial score (nSPS) is 10.8. The Balaban J connectivity index is 1.14. The molecule has 50 heavy (non-hydrogen) atoms. The lowest BCUT2D eigenvalue weighted by molar-refractivity contribution is 1.07. The molecule has 7 aromatic carbocycles. The number of hydrogen-bond acceptors (Lipinski definition) is 5. The van der Waals surface area contributed by atoms with E-state index in [0.29, 0.717) is 28.6 Å². The highest BCUT2D eigenvalue weighted by molar-refractivity contribution is 6.04. The number of hydrogen-bond donors (Lipinski definition) is 0. The average molecular weight is 638 g/mol. The Kier molecular flexibility index (Phi) is 7.91. The third kappa shape index (κ3) is 5.88. The Morgan fingerprint density at radius 2 is 0.700 bits per heavy atom. The van der Waals surface area contributed by atoms with Crippen molar-refractivity contribution in [2.75, 3.05) is 0 Å². The number of benzene rings is 7. The van der Waals surface area contributed by atoms with Gasteiger partial charge in [0.15, 0.2) is 17.5 Å². The quantitative estimate of drug-likeness (QED) is 0.181. The monoisotopic (exact) mass is 637 g/mol. The van der Waals surface area contributed by atoms with E-state index in [4.69, 9.17) is 15.0 Å². The van der Waals surface area contributed by atoms with Crippen molar-refractivity contribution >= 4 is 10.8 Å². The van der Waals surface area contributed by atoms with Gasteiger partial charge in [0, 0.05) is 16.7 Å². The van der Waals surface area contributed by atoms with Gasteiger partial charge in [-0.3, -0.25) is 0 Å². The Bertz CT molecular complexity index is 2490. The molecule has 0 aliphatic heterocycles. The second-order valence-electron chi connectivity index (χ2n) is 11.9. The van der Waals surface area contributed by atoms with Crippen LogP contribution >= 0.6 is 0 Å².